The summed E-state index contributed by atoms with van der Waals surface area (Å²) < 4.78 is 2.35. The summed E-state index contributed by atoms with van der Waals surface area (Å²) in [6.45, 7) is 8.24. The van der Waals surface area contributed by atoms with E-state index in [0.717, 1.165) is 25.1 Å². The average Bonchev–Trinajstić information content (AvgIpc) is 2.87. The van der Waals surface area contributed by atoms with Crippen LogP contribution in [0.4, 0.5) is 0 Å². The highest BCUT2D eigenvalue weighted by Gasteiger charge is 2.15. The predicted octanol–water partition coefficient (Wildman–Crippen LogP) is 6.19. The third-order valence-corrected chi connectivity index (χ3v) is 5.53. The minimum Gasteiger partial charge on any atom is -0.340 e. The maximum absolute atomic E-state index is 6.40. The van der Waals surface area contributed by atoms with Crippen LogP contribution in [0.3, 0.4) is 0 Å². The molecule has 0 amide bonds. The second kappa shape index (κ2) is 7.82. The van der Waals surface area contributed by atoms with Gasteiger partial charge >= 0.3 is 0 Å². The molecule has 0 aliphatic carbocycles. The van der Waals surface area contributed by atoms with Crippen molar-refractivity contribution in [1.29, 1.82) is 0 Å². The standard InChI is InChI=1S/C21H24Cl2N2/c1-4-14(2)24-12-19-15(3)25(21-8-6-5-7-18(19)21)13-16-9-10-17(22)11-20(16)23/h5-11,14,24H,4,12-13H2,1-3H3. The second-order valence-electron chi connectivity index (χ2n) is 6.59. The Bertz CT molecular complexity index is 883. The number of halogens is 2. The van der Waals surface area contributed by atoms with Crippen molar-refractivity contribution in [3.8, 4) is 0 Å². The van der Waals surface area contributed by atoms with Gasteiger partial charge < -0.3 is 9.88 Å². The van der Waals surface area contributed by atoms with Gasteiger partial charge in [-0.25, -0.2) is 0 Å². The number of hydrogen-bond acceptors (Lipinski definition) is 1. The molecule has 132 valence electrons. The first-order chi connectivity index (χ1) is 12.0. The summed E-state index contributed by atoms with van der Waals surface area (Å²) in [4.78, 5) is 0. The van der Waals surface area contributed by atoms with Crippen LogP contribution in [0.25, 0.3) is 10.9 Å². The van der Waals surface area contributed by atoms with E-state index in [1.165, 1.54) is 22.2 Å². The number of rotatable bonds is 6. The summed E-state index contributed by atoms with van der Waals surface area (Å²) >= 11 is 12.4. The highest BCUT2D eigenvalue weighted by molar-refractivity contribution is 6.35. The van der Waals surface area contributed by atoms with Gasteiger partial charge in [-0.1, -0.05) is 54.4 Å². The fourth-order valence-corrected chi connectivity index (χ4v) is 3.64. The van der Waals surface area contributed by atoms with Crippen LogP contribution >= 0.6 is 23.2 Å². The maximum atomic E-state index is 6.40. The number of fused-ring (bicyclic) bond motifs is 1. The molecule has 0 spiro atoms. The Balaban J connectivity index is 2.01. The molecule has 3 rings (SSSR count). The minimum absolute atomic E-state index is 0.507. The Morgan fingerprint density at radius 1 is 1.12 bits per heavy atom. The molecule has 0 aliphatic rings. The Morgan fingerprint density at radius 3 is 2.60 bits per heavy atom. The monoisotopic (exact) mass is 374 g/mol. The molecule has 3 aromatic rings. The zero-order chi connectivity index (χ0) is 18.0. The second-order valence-corrected chi connectivity index (χ2v) is 7.44. The van der Waals surface area contributed by atoms with Crippen LogP contribution in [-0.2, 0) is 13.1 Å². The average molecular weight is 375 g/mol. The molecule has 0 saturated heterocycles. The molecular weight excluding hydrogens is 351 g/mol. The number of benzene rings is 2. The van der Waals surface area contributed by atoms with Gasteiger partial charge in [0.15, 0.2) is 0 Å². The summed E-state index contributed by atoms with van der Waals surface area (Å²) in [6, 6.07) is 14.8. The topological polar surface area (TPSA) is 17.0 Å². The molecule has 0 fully saturated rings. The smallest absolute Gasteiger partial charge is 0.0493 e. The van der Waals surface area contributed by atoms with Gasteiger partial charge in [-0.15, -0.1) is 0 Å². The molecule has 0 saturated carbocycles. The van der Waals surface area contributed by atoms with Crippen LogP contribution in [0.15, 0.2) is 42.5 Å². The molecule has 2 nitrogen and oxygen atoms in total. The Hall–Kier alpha value is -1.48. The first kappa shape index (κ1) is 18.3. The van der Waals surface area contributed by atoms with E-state index in [-0.39, 0.29) is 0 Å². The van der Waals surface area contributed by atoms with Gasteiger partial charge in [0.2, 0.25) is 0 Å². The van der Waals surface area contributed by atoms with Crippen molar-refractivity contribution >= 4 is 34.1 Å². The van der Waals surface area contributed by atoms with Gasteiger partial charge in [0, 0.05) is 45.8 Å². The van der Waals surface area contributed by atoms with Gasteiger partial charge in [0.1, 0.15) is 0 Å². The fraction of sp³-hybridized carbons (Fsp3) is 0.333. The van der Waals surface area contributed by atoms with Crippen molar-refractivity contribution in [1.82, 2.24) is 9.88 Å². The SMILES string of the molecule is CCC(C)NCc1c(C)n(Cc2ccc(Cl)cc2Cl)c2ccccc12. The summed E-state index contributed by atoms with van der Waals surface area (Å²) in [6.07, 6.45) is 1.12. The fourth-order valence-electron chi connectivity index (χ4n) is 3.17. The van der Waals surface area contributed by atoms with E-state index in [1.54, 1.807) is 0 Å². The normalized spacial score (nSPS) is 12.7. The third-order valence-electron chi connectivity index (χ3n) is 4.94. The van der Waals surface area contributed by atoms with Crippen LogP contribution in [0.2, 0.25) is 10.0 Å². The molecule has 1 unspecified atom stereocenters. The van der Waals surface area contributed by atoms with Crippen molar-refractivity contribution in [2.24, 2.45) is 0 Å². The molecule has 4 heteroatoms. The number of nitrogens with zero attached hydrogens (tertiary/aromatic N) is 1. The molecule has 1 aromatic heterocycles. The minimum atomic E-state index is 0.507. The van der Waals surface area contributed by atoms with Gasteiger partial charge in [0.05, 0.1) is 0 Å². The Morgan fingerprint density at radius 2 is 1.88 bits per heavy atom. The lowest BCUT2D eigenvalue weighted by molar-refractivity contribution is 0.533. The molecule has 1 atom stereocenters. The van der Waals surface area contributed by atoms with E-state index in [9.17, 15) is 0 Å². The van der Waals surface area contributed by atoms with Gasteiger partial charge in [-0.2, -0.15) is 0 Å². The zero-order valence-corrected chi connectivity index (χ0v) is 16.5. The summed E-state index contributed by atoms with van der Waals surface area (Å²) in [7, 11) is 0. The molecule has 0 bridgehead atoms. The van der Waals surface area contributed by atoms with Crippen LogP contribution in [-0.4, -0.2) is 10.6 Å². The highest BCUT2D eigenvalue weighted by atomic mass is 35.5. The molecule has 1 heterocycles. The summed E-state index contributed by atoms with van der Waals surface area (Å²) in [5.41, 5.74) is 4.97. The van der Waals surface area contributed by atoms with E-state index < -0.39 is 0 Å². The van der Waals surface area contributed by atoms with Crippen molar-refractivity contribution in [3.63, 3.8) is 0 Å². The number of hydrogen-bond donors (Lipinski definition) is 1. The largest absolute Gasteiger partial charge is 0.340 e. The molecule has 25 heavy (non-hydrogen) atoms. The number of nitrogens with one attached hydrogen (secondary N) is 1. The van der Waals surface area contributed by atoms with Gasteiger partial charge in [0.25, 0.3) is 0 Å². The number of para-hydroxylation sites is 1. The van der Waals surface area contributed by atoms with Gasteiger partial charge in [-0.3, -0.25) is 0 Å². The lowest BCUT2D eigenvalue weighted by Crippen LogP contribution is -2.24. The Labute approximate surface area is 159 Å². The summed E-state index contributed by atoms with van der Waals surface area (Å²) in [5.74, 6) is 0. The third kappa shape index (κ3) is 3.87. The number of aromatic nitrogens is 1. The quantitative estimate of drug-likeness (QED) is 0.543. The lowest BCUT2D eigenvalue weighted by atomic mass is 10.1. The van der Waals surface area contributed by atoms with Crippen LogP contribution < -0.4 is 5.32 Å². The van der Waals surface area contributed by atoms with Crippen molar-refractivity contribution < 1.29 is 0 Å². The van der Waals surface area contributed by atoms with Crippen LogP contribution in [0.5, 0.6) is 0 Å². The van der Waals surface area contributed by atoms with E-state index >= 15 is 0 Å². The van der Waals surface area contributed by atoms with Gasteiger partial charge in [-0.05, 0) is 49.6 Å². The highest BCUT2D eigenvalue weighted by Crippen LogP contribution is 2.29. The molecular formula is C21H24Cl2N2. The molecule has 0 aliphatic heterocycles. The Kier molecular flexibility index (Phi) is 5.73. The van der Waals surface area contributed by atoms with E-state index in [4.69, 9.17) is 23.2 Å². The summed E-state index contributed by atoms with van der Waals surface area (Å²) in [5, 5.41) is 6.31. The molecule has 0 radical (unpaired) electrons. The maximum Gasteiger partial charge on any atom is 0.0493 e. The predicted molar refractivity (Wildman–Crippen MR) is 109 cm³/mol. The van der Waals surface area contributed by atoms with Crippen LogP contribution in [0.1, 0.15) is 37.1 Å². The van der Waals surface area contributed by atoms with Crippen molar-refractivity contribution in [2.75, 3.05) is 0 Å². The zero-order valence-electron chi connectivity index (χ0n) is 14.9. The first-order valence-corrected chi connectivity index (χ1v) is 9.50. The van der Waals surface area contributed by atoms with E-state index in [0.29, 0.717) is 16.1 Å². The van der Waals surface area contributed by atoms with Crippen molar-refractivity contribution in [3.05, 3.63) is 69.3 Å². The van der Waals surface area contributed by atoms with Crippen molar-refractivity contribution in [2.45, 2.75) is 46.3 Å². The van der Waals surface area contributed by atoms with E-state index in [2.05, 4.69) is 54.9 Å². The first-order valence-electron chi connectivity index (χ1n) is 8.75. The molecule has 1 N–H and O–H groups in total. The van der Waals surface area contributed by atoms with E-state index in [1.807, 2.05) is 18.2 Å². The van der Waals surface area contributed by atoms with Crippen LogP contribution in [0, 0.1) is 6.92 Å². The lowest BCUT2D eigenvalue weighted by Gasteiger charge is -2.13. The molecule has 2 aromatic carbocycles.